The second kappa shape index (κ2) is 6.01. The van der Waals surface area contributed by atoms with E-state index in [0.717, 1.165) is 16.9 Å². The Balaban J connectivity index is 1.79. The zero-order valence-electron chi connectivity index (χ0n) is 13.8. The molecule has 0 aliphatic carbocycles. The summed E-state index contributed by atoms with van der Waals surface area (Å²) in [5, 5.41) is 0. The fourth-order valence-corrected chi connectivity index (χ4v) is 2.95. The van der Waals surface area contributed by atoms with Crippen LogP contribution in [0.4, 0.5) is 4.39 Å². The molecule has 0 unspecified atom stereocenters. The van der Waals surface area contributed by atoms with E-state index in [4.69, 9.17) is 4.74 Å². The highest BCUT2D eigenvalue weighted by molar-refractivity contribution is 5.74. The molecule has 0 aliphatic heterocycles. The van der Waals surface area contributed by atoms with Gasteiger partial charge in [-0.15, -0.1) is 0 Å². The average Bonchev–Trinajstić information content (AvgIpc) is 3.20. The van der Waals surface area contributed by atoms with E-state index in [1.807, 2.05) is 22.2 Å². The molecule has 0 saturated heterocycles. The van der Waals surface area contributed by atoms with E-state index in [2.05, 4.69) is 15.0 Å². The van der Waals surface area contributed by atoms with Crippen LogP contribution in [0.5, 0.6) is 5.75 Å². The van der Waals surface area contributed by atoms with Crippen LogP contribution in [0.2, 0.25) is 0 Å². The van der Waals surface area contributed by atoms with Gasteiger partial charge in [0, 0.05) is 25.6 Å². The first-order valence-electron chi connectivity index (χ1n) is 7.78. The summed E-state index contributed by atoms with van der Waals surface area (Å²) in [6, 6.07) is 6.65. The molecule has 0 spiro atoms. The number of aromatic nitrogens is 5. The van der Waals surface area contributed by atoms with Gasteiger partial charge in [-0.2, -0.15) is 0 Å². The molecule has 3 heterocycles. The lowest BCUT2D eigenvalue weighted by molar-refractivity contribution is 0.412. The van der Waals surface area contributed by atoms with Crippen LogP contribution in [0.3, 0.4) is 0 Å². The molecule has 0 bridgehead atoms. The molecule has 0 amide bonds. The highest BCUT2D eigenvalue weighted by atomic mass is 19.1. The number of ether oxygens (including phenoxy) is 1. The lowest BCUT2D eigenvalue weighted by Crippen LogP contribution is -2.08. The number of imidazole rings is 2. The summed E-state index contributed by atoms with van der Waals surface area (Å²) < 4.78 is 23.6. The Kier molecular flexibility index (Phi) is 3.68. The van der Waals surface area contributed by atoms with E-state index in [1.54, 1.807) is 36.9 Å². The van der Waals surface area contributed by atoms with Crippen molar-refractivity contribution in [3.63, 3.8) is 0 Å². The number of rotatable bonds is 4. The number of hydrogen-bond donors (Lipinski definition) is 0. The number of aryl methyl sites for hydroxylation is 1. The lowest BCUT2D eigenvalue weighted by Gasteiger charge is -2.12. The van der Waals surface area contributed by atoms with E-state index in [1.165, 1.54) is 13.2 Å². The molecule has 25 heavy (non-hydrogen) atoms. The molecule has 0 saturated carbocycles. The molecule has 7 heteroatoms. The Labute approximate surface area is 143 Å². The van der Waals surface area contributed by atoms with Gasteiger partial charge in [0.05, 0.1) is 30.9 Å². The zero-order valence-corrected chi connectivity index (χ0v) is 13.8. The number of benzene rings is 1. The van der Waals surface area contributed by atoms with Crippen molar-refractivity contribution in [3.8, 4) is 17.1 Å². The summed E-state index contributed by atoms with van der Waals surface area (Å²) in [5.74, 6) is 1.40. The lowest BCUT2D eigenvalue weighted by atomic mass is 10.1. The average molecular weight is 337 g/mol. The van der Waals surface area contributed by atoms with Crippen LogP contribution < -0.4 is 4.74 Å². The van der Waals surface area contributed by atoms with Gasteiger partial charge in [0.15, 0.2) is 0 Å². The van der Waals surface area contributed by atoms with Crippen LogP contribution in [0, 0.1) is 5.82 Å². The van der Waals surface area contributed by atoms with Gasteiger partial charge in [-0.05, 0) is 18.2 Å². The van der Waals surface area contributed by atoms with Gasteiger partial charge < -0.3 is 13.9 Å². The maximum absolute atomic E-state index is 14.4. The Hall–Kier alpha value is -3.22. The molecule has 0 atom stereocenters. The molecule has 0 N–H and O–H groups in total. The zero-order chi connectivity index (χ0) is 17.4. The third-order valence-electron chi connectivity index (χ3n) is 4.22. The molecule has 6 nitrogen and oxygen atoms in total. The minimum Gasteiger partial charge on any atom is -0.496 e. The van der Waals surface area contributed by atoms with Gasteiger partial charge in [-0.25, -0.2) is 14.4 Å². The number of nitrogens with zero attached hydrogens (tertiary/aromatic N) is 5. The summed E-state index contributed by atoms with van der Waals surface area (Å²) in [5.41, 5.74) is 2.16. The largest absolute Gasteiger partial charge is 0.496 e. The molecule has 4 rings (SSSR count). The van der Waals surface area contributed by atoms with Crippen molar-refractivity contribution in [2.24, 2.45) is 7.05 Å². The first-order chi connectivity index (χ1) is 12.2. The van der Waals surface area contributed by atoms with Crippen molar-refractivity contribution in [1.82, 2.24) is 24.1 Å². The highest BCUT2D eigenvalue weighted by Crippen LogP contribution is 2.31. The fourth-order valence-electron chi connectivity index (χ4n) is 2.95. The normalized spacial score (nSPS) is 11.2. The maximum atomic E-state index is 14.4. The van der Waals surface area contributed by atoms with Crippen LogP contribution in [0.25, 0.3) is 22.4 Å². The molecule has 0 radical (unpaired) electrons. The maximum Gasteiger partial charge on any atom is 0.147 e. The van der Waals surface area contributed by atoms with E-state index in [9.17, 15) is 4.39 Å². The number of methoxy groups -OCH3 is 1. The molecular weight excluding hydrogens is 321 g/mol. The first-order valence-corrected chi connectivity index (χ1v) is 7.78. The standard InChI is InChI=1S/C18H16FN5O/c1-23-14-6-7-20-10-13(14)22-16(23)11-24-9-8-21-18(24)17-12(19)4-3-5-15(17)25-2/h3-10H,11H2,1-2H3. The smallest absolute Gasteiger partial charge is 0.147 e. The topological polar surface area (TPSA) is 57.8 Å². The number of pyridine rings is 1. The van der Waals surface area contributed by atoms with Crippen LogP contribution in [-0.4, -0.2) is 31.2 Å². The van der Waals surface area contributed by atoms with Gasteiger partial charge >= 0.3 is 0 Å². The Bertz CT molecular complexity index is 1050. The van der Waals surface area contributed by atoms with Crippen molar-refractivity contribution in [1.29, 1.82) is 0 Å². The predicted molar refractivity (Wildman–Crippen MR) is 91.8 cm³/mol. The molecule has 126 valence electrons. The van der Waals surface area contributed by atoms with Crippen molar-refractivity contribution < 1.29 is 9.13 Å². The summed E-state index contributed by atoms with van der Waals surface area (Å²) in [6.07, 6.45) is 6.92. The summed E-state index contributed by atoms with van der Waals surface area (Å²) in [6.45, 7) is 0.456. The second-order valence-corrected chi connectivity index (χ2v) is 5.65. The predicted octanol–water partition coefficient (Wildman–Crippen LogP) is 3.03. The van der Waals surface area contributed by atoms with Crippen LogP contribution in [0.15, 0.2) is 49.1 Å². The highest BCUT2D eigenvalue weighted by Gasteiger charge is 2.18. The van der Waals surface area contributed by atoms with Crippen molar-refractivity contribution >= 4 is 11.0 Å². The Morgan fingerprint density at radius 1 is 1.20 bits per heavy atom. The molecular formula is C18H16FN5O. The van der Waals surface area contributed by atoms with Crippen molar-refractivity contribution in [2.45, 2.75) is 6.54 Å². The first kappa shape index (κ1) is 15.3. The van der Waals surface area contributed by atoms with Gasteiger partial charge in [0.25, 0.3) is 0 Å². The van der Waals surface area contributed by atoms with Crippen molar-refractivity contribution in [3.05, 3.63) is 60.7 Å². The third kappa shape index (κ3) is 2.53. The number of fused-ring (bicyclic) bond motifs is 1. The third-order valence-corrected chi connectivity index (χ3v) is 4.22. The SMILES string of the molecule is COc1cccc(F)c1-c1nccn1Cc1nc2cnccc2n1C. The van der Waals surface area contributed by atoms with E-state index < -0.39 is 0 Å². The summed E-state index contributed by atoms with van der Waals surface area (Å²) in [7, 11) is 3.47. The fraction of sp³-hybridized carbons (Fsp3) is 0.167. The monoisotopic (exact) mass is 337 g/mol. The van der Waals surface area contributed by atoms with Crippen LogP contribution in [0.1, 0.15) is 5.82 Å². The van der Waals surface area contributed by atoms with E-state index in [-0.39, 0.29) is 5.82 Å². The van der Waals surface area contributed by atoms with E-state index in [0.29, 0.717) is 23.7 Å². The number of halogens is 1. The van der Waals surface area contributed by atoms with E-state index >= 15 is 0 Å². The summed E-state index contributed by atoms with van der Waals surface area (Å²) in [4.78, 5) is 13.0. The minimum absolute atomic E-state index is 0.343. The molecule has 0 fully saturated rings. The minimum atomic E-state index is -0.374. The Morgan fingerprint density at radius 3 is 2.88 bits per heavy atom. The van der Waals surface area contributed by atoms with Crippen LogP contribution in [-0.2, 0) is 13.6 Å². The second-order valence-electron chi connectivity index (χ2n) is 5.65. The molecule has 4 aromatic rings. The Morgan fingerprint density at radius 2 is 2.08 bits per heavy atom. The summed E-state index contributed by atoms with van der Waals surface area (Å²) >= 11 is 0. The number of hydrogen-bond acceptors (Lipinski definition) is 4. The van der Waals surface area contributed by atoms with Gasteiger partial charge in [-0.1, -0.05) is 6.07 Å². The van der Waals surface area contributed by atoms with Gasteiger partial charge in [0.1, 0.15) is 28.7 Å². The van der Waals surface area contributed by atoms with Crippen LogP contribution >= 0.6 is 0 Å². The van der Waals surface area contributed by atoms with Gasteiger partial charge in [0.2, 0.25) is 0 Å². The molecule has 0 aliphatic rings. The quantitative estimate of drug-likeness (QED) is 0.574. The van der Waals surface area contributed by atoms with Crippen molar-refractivity contribution in [2.75, 3.05) is 7.11 Å². The molecule has 1 aromatic carbocycles. The van der Waals surface area contributed by atoms with Gasteiger partial charge in [-0.3, -0.25) is 4.98 Å². The molecule has 3 aromatic heterocycles.